The van der Waals surface area contributed by atoms with Gasteiger partial charge in [0.15, 0.2) is 0 Å². The summed E-state index contributed by atoms with van der Waals surface area (Å²) in [4.78, 5) is 24.9. The molecule has 0 aromatic heterocycles. The van der Waals surface area contributed by atoms with E-state index in [-0.39, 0.29) is 0 Å². The highest BCUT2D eigenvalue weighted by atomic mass is 16.7. The Balaban J connectivity index is 1.92. The van der Waals surface area contributed by atoms with Gasteiger partial charge in [-0.2, -0.15) is 0 Å². The average Bonchev–Trinajstić information content (AvgIpc) is 2.81. The van der Waals surface area contributed by atoms with Gasteiger partial charge in [-0.3, -0.25) is 0 Å². The fourth-order valence-corrected chi connectivity index (χ4v) is 3.98. The van der Waals surface area contributed by atoms with Crippen LogP contribution in [0, 0.1) is 0 Å². The summed E-state index contributed by atoms with van der Waals surface area (Å²) in [6.07, 6.45) is 7.54. The minimum absolute atomic E-state index is 0.330. The van der Waals surface area contributed by atoms with Gasteiger partial charge in [0.05, 0.1) is 13.2 Å². The molecule has 0 bridgehead atoms. The van der Waals surface area contributed by atoms with Crippen molar-refractivity contribution < 1.29 is 28.5 Å². The van der Waals surface area contributed by atoms with Gasteiger partial charge < -0.3 is 18.9 Å². The van der Waals surface area contributed by atoms with Crippen LogP contribution >= 0.6 is 0 Å². The van der Waals surface area contributed by atoms with Crippen LogP contribution < -0.4 is 9.47 Å². The van der Waals surface area contributed by atoms with Gasteiger partial charge in [0.2, 0.25) is 0 Å². The smallest absolute Gasteiger partial charge is 0.434 e. The summed E-state index contributed by atoms with van der Waals surface area (Å²) in [7, 11) is 0. The molecule has 0 radical (unpaired) electrons. The van der Waals surface area contributed by atoms with Crippen LogP contribution in [0.1, 0.15) is 70.4 Å². The molecule has 0 aliphatic heterocycles. The Hall–Kier alpha value is -3.02. The van der Waals surface area contributed by atoms with Gasteiger partial charge in [0.1, 0.15) is 11.5 Å². The number of hydrogen-bond acceptors (Lipinski definition) is 6. The molecule has 0 N–H and O–H groups in total. The molecule has 1 aliphatic rings. The summed E-state index contributed by atoms with van der Waals surface area (Å²) in [5, 5.41) is 1.40. The Morgan fingerprint density at radius 1 is 0.788 bits per heavy atom. The number of hydrogen-bond donors (Lipinski definition) is 0. The van der Waals surface area contributed by atoms with Gasteiger partial charge >= 0.3 is 12.3 Å². The van der Waals surface area contributed by atoms with Gasteiger partial charge in [0.25, 0.3) is 0 Å². The van der Waals surface area contributed by atoms with E-state index in [1.807, 2.05) is 31.2 Å². The summed E-state index contributed by atoms with van der Waals surface area (Å²) in [6.45, 7) is 6.88. The topological polar surface area (TPSA) is 71.1 Å². The molecule has 178 valence electrons. The Bertz CT molecular complexity index is 1010. The van der Waals surface area contributed by atoms with Crippen LogP contribution in [0.2, 0.25) is 0 Å². The Kier molecular flexibility index (Phi) is 9.16. The zero-order valence-corrected chi connectivity index (χ0v) is 19.9. The molecule has 2 aromatic rings. The van der Waals surface area contributed by atoms with E-state index in [2.05, 4.69) is 19.9 Å². The molecule has 3 rings (SSSR count). The highest BCUT2D eigenvalue weighted by Crippen LogP contribution is 2.44. The van der Waals surface area contributed by atoms with Gasteiger partial charge in [-0.1, -0.05) is 75.4 Å². The van der Waals surface area contributed by atoms with E-state index in [9.17, 15) is 9.59 Å². The number of fused-ring (bicyclic) bond motifs is 2. The van der Waals surface area contributed by atoms with Crippen molar-refractivity contribution in [2.45, 2.75) is 72.1 Å². The van der Waals surface area contributed by atoms with Crippen molar-refractivity contribution in [1.82, 2.24) is 0 Å². The van der Waals surface area contributed by atoms with Gasteiger partial charge in [0, 0.05) is 21.9 Å². The molecule has 0 atom stereocenters. The maximum atomic E-state index is 12.5. The van der Waals surface area contributed by atoms with E-state index in [0.717, 1.165) is 55.2 Å². The highest BCUT2D eigenvalue weighted by molar-refractivity contribution is 5.98. The van der Waals surface area contributed by atoms with Crippen molar-refractivity contribution in [3.05, 3.63) is 47.0 Å². The number of carbonyl (C=O) groups excluding carboxylic acids is 2. The standard InChI is InChI=1S/C27H34O6/c1-4-6-10-16-30-26(28)32-24-20-12-8-9-13-21(20)25(23-18-19(3)14-15-22(23)24)33-27(29)31-17-11-7-5-2/h8-9,12-14H,4-7,10-11,15-18H2,1-3H3. The van der Waals surface area contributed by atoms with Crippen LogP contribution in [-0.4, -0.2) is 25.5 Å². The highest BCUT2D eigenvalue weighted by Gasteiger charge is 2.26. The lowest BCUT2D eigenvalue weighted by molar-refractivity contribution is 0.0954. The quantitative estimate of drug-likeness (QED) is 0.162. The van der Waals surface area contributed by atoms with E-state index in [0.29, 0.717) is 48.3 Å². The minimum atomic E-state index is -0.714. The minimum Gasteiger partial charge on any atom is -0.434 e. The molecule has 6 nitrogen and oxygen atoms in total. The van der Waals surface area contributed by atoms with Crippen molar-refractivity contribution in [3.8, 4) is 11.5 Å². The first-order valence-corrected chi connectivity index (χ1v) is 12.0. The molecular weight excluding hydrogens is 420 g/mol. The predicted octanol–water partition coefficient (Wildman–Crippen LogP) is 7.30. The third-order valence-corrected chi connectivity index (χ3v) is 5.75. The van der Waals surface area contributed by atoms with Gasteiger partial charge in [-0.05, 0) is 32.6 Å². The Morgan fingerprint density at radius 2 is 1.30 bits per heavy atom. The van der Waals surface area contributed by atoms with Crippen LogP contribution in [0.3, 0.4) is 0 Å². The van der Waals surface area contributed by atoms with Gasteiger partial charge in [-0.25, -0.2) is 9.59 Å². The first-order chi connectivity index (χ1) is 16.0. The number of benzene rings is 2. The zero-order chi connectivity index (χ0) is 23.6. The molecule has 2 aromatic carbocycles. The van der Waals surface area contributed by atoms with E-state index in [1.165, 1.54) is 0 Å². The van der Waals surface area contributed by atoms with Crippen molar-refractivity contribution in [3.63, 3.8) is 0 Å². The first kappa shape index (κ1) is 24.6. The van der Waals surface area contributed by atoms with E-state index >= 15 is 0 Å². The van der Waals surface area contributed by atoms with Crippen molar-refractivity contribution in [2.24, 2.45) is 0 Å². The average molecular weight is 455 g/mol. The Labute approximate surface area is 195 Å². The SMILES string of the molecule is CCCCCOC(=O)Oc1c2c(c(OC(=O)OCCCCC)c3ccccc13)CC(C)=CC2. The molecule has 0 unspecified atom stereocenters. The number of unbranched alkanes of at least 4 members (excludes halogenated alkanes) is 4. The first-order valence-electron chi connectivity index (χ1n) is 12.0. The third-order valence-electron chi connectivity index (χ3n) is 5.75. The molecule has 0 saturated heterocycles. The Morgan fingerprint density at radius 3 is 1.82 bits per heavy atom. The maximum Gasteiger partial charge on any atom is 0.513 e. The summed E-state index contributed by atoms with van der Waals surface area (Å²) in [5.41, 5.74) is 2.83. The van der Waals surface area contributed by atoms with Crippen LogP contribution in [-0.2, 0) is 22.3 Å². The second kappa shape index (κ2) is 12.3. The van der Waals surface area contributed by atoms with Crippen molar-refractivity contribution >= 4 is 23.1 Å². The van der Waals surface area contributed by atoms with E-state index in [1.54, 1.807) is 0 Å². The monoisotopic (exact) mass is 454 g/mol. The summed E-state index contributed by atoms with van der Waals surface area (Å²) in [6, 6.07) is 7.46. The lowest BCUT2D eigenvalue weighted by Gasteiger charge is -2.23. The van der Waals surface area contributed by atoms with Crippen LogP contribution in [0.5, 0.6) is 11.5 Å². The number of allylic oxidation sites excluding steroid dienone is 2. The molecule has 0 amide bonds. The number of ether oxygens (including phenoxy) is 4. The third kappa shape index (κ3) is 6.50. The van der Waals surface area contributed by atoms with Crippen molar-refractivity contribution in [2.75, 3.05) is 13.2 Å². The molecule has 0 spiro atoms. The molecular formula is C27H34O6. The normalized spacial score (nSPS) is 12.6. The summed E-state index contributed by atoms with van der Waals surface area (Å²) in [5.74, 6) is 0.936. The molecule has 1 aliphatic carbocycles. The summed E-state index contributed by atoms with van der Waals surface area (Å²) >= 11 is 0. The lowest BCUT2D eigenvalue weighted by atomic mass is 9.87. The zero-order valence-electron chi connectivity index (χ0n) is 19.9. The fourth-order valence-electron chi connectivity index (χ4n) is 3.98. The molecule has 33 heavy (non-hydrogen) atoms. The largest absolute Gasteiger partial charge is 0.513 e. The van der Waals surface area contributed by atoms with E-state index < -0.39 is 12.3 Å². The molecule has 0 fully saturated rings. The number of rotatable bonds is 10. The van der Waals surface area contributed by atoms with Crippen LogP contribution in [0.25, 0.3) is 10.8 Å². The van der Waals surface area contributed by atoms with Gasteiger partial charge in [-0.15, -0.1) is 0 Å². The van der Waals surface area contributed by atoms with Crippen LogP contribution in [0.4, 0.5) is 9.59 Å². The van der Waals surface area contributed by atoms with E-state index in [4.69, 9.17) is 18.9 Å². The second-order valence-electron chi connectivity index (χ2n) is 8.41. The molecule has 6 heteroatoms. The fraction of sp³-hybridized carbons (Fsp3) is 0.481. The summed E-state index contributed by atoms with van der Waals surface area (Å²) < 4.78 is 22.1. The predicted molar refractivity (Wildman–Crippen MR) is 128 cm³/mol. The molecule has 0 heterocycles. The maximum absolute atomic E-state index is 12.5. The number of carbonyl (C=O) groups is 2. The lowest BCUT2D eigenvalue weighted by Crippen LogP contribution is -2.17. The van der Waals surface area contributed by atoms with Crippen LogP contribution in [0.15, 0.2) is 35.9 Å². The molecule has 0 saturated carbocycles. The second-order valence-corrected chi connectivity index (χ2v) is 8.41. The van der Waals surface area contributed by atoms with Crippen molar-refractivity contribution in [1.29, 1.82) is 0 Å².